The van der Waals surface area contributed by atoms with Gasteiger partial charge in [-0.15, -0.1) is 0 Å². The molecule has 35 rings (SSSR count). The van der Waals surface area contributed by atoms with Crippen molar-refractivity contribution in [3.05, 3.63) is 82.4 Å². The van der Waals surface area contributed by atoms with Crippen molar-refractivity contribution in [3.8, 4) is 0 Å². The van der Waals surface area contributed by atoms with Crippen molar-refractivity contribution in [1.29, 1.82) is 0 Å². The lowest BCUT2D eigenvalue weighted by Gasteiger charge is -2.53. The van der Waals surface area contributed by atoms with E-state index < -0.39 is 10.8 Å². The molecule has 1 fully saturated rings. The zero-order valence-corrected chi connectivity index (χ0v) is 38.2. The van der Waals surface area contributed by atoms with Crippen molar-refractivity contribution < 1.29 is 0 Å². The topological polar surface area (TPSA) is 37.8 Å². The highest BCUT2D eigenvalue weighted by molar-refractivity contribution is 6.82. The Morgan fingerprint density at radius 3 is 0.520 bits per heavy atom. The fourth-order valence-electron chi connectivity index (χ4n) is 26.5. The molecule has 28 aromatic carbocycles. The van der Waals surface area contributed by atoms with E-state index in [0.717, 1.165) is 0 Å². The van der Waals surface area contributed by atoms with Gasteiger partial charge in [-0.25, -0.2) is 0 Å². The average molecular weight is 918 g/mol. The van der Waals surface area contributed by atoms with Crippen LogP contribution in [0.3, 0.4) is 0 Å². The Morgan fingerprint density at radius 1 is 0.213 bits per heavy atom. The zero-order valence-electron chi connectivity index (χ0n) is 38.2. The predicted molar refractivity (Wildman–Crippen MR) is 311 cm³/mol. The summed E-state index contributed by atoms with van der Waals surface area (Å²) in [5, 5.41) is 92.8. The SMILES string of the molecule is c1ccc([C@@H]2N[C@@H](c3ccccn3)C34c5c6c7c8c9c%10c(c%11c%12c3c3c5c5c%13c6c6c7c7c9c9c%14c%10c%10c%11c%11c%12c%12c3c3c5c5c%13c%13c6c6c7c9c7c9c%14c%10c%10c%11c%11c%12c3c3c5c5c%13c6c7c6c9c%10c%11c3c56)C824)nc1. The lowest BCUT2D eigenvalue weighted by molar-refractivity contribution is 0.329. The summed E-state index contributed by atoms with van der Waals surface area (Å²) in [6.07, 6.45) is 4.20. The fraction of sp³-hybridized carbons (Fsp3) is 0.0556. The number of aromatic nitrogens is 2. The van der Waals surface area contributed by atoms with Crippen LogP contribution in [0.5, 0.6) is 0 Å². The van der Waals surface area contributed by atoms with Gasteiger partial charge in [0, 0.05) is 12.4 Å². The second-order valence-electron chi connectivity index (χ2n) is 26.9. The summed E-state index contributed by atoms with van der Waals surface area (Å²) in [6, 6.07) is 13.5. The van der Waals surface area contributed by atoms with E-state index in [1.54, 1.807) is 313 Å². The Kier molecular flexibility index (Phi) is 2.48. The van der Waals surface area contributed by atoms with Crippen LogP contribution in [0.25, 0.3) is 291 Å². The van der Waals surface area contributed by atoms with Gasteiger partial charge in [0.25, 0.3) is 0 Å². The molecule has 0 saturated carbocycles. The Labute approximate surface area is 409 Å². The molecule has 2 aromatic heterocycles. The molecule has 0 amide bonds. The van der Waals surface area contributed by atoms with E-state index in [1.165, 1.54) is 11.4 Å². The Bertz CT molecular complexity index is 7110. The minimum atomic E-state index is -0.519. The average Bonchev–Trinajstić information content (AvgIpc) is 3.40. The first-order valence-electron chi connectivity index (χ1n) is 27.8. The second kappa shape index (κ2) is 6.59. The largest absolute Gasteiger partial charge is 0.298 e. The molecule has 2 atom stereocenters. The standard InChI is InChI=1S/C72H11N3/c1-3-7-73-9(5-1)69-71-65-57-49-39-29-21-13-11-12-15-19-17(13)25-33-27(19)37-31-23(15)24-16(12)20-18-14(11)22(21)30-36-26(18)34-28(20)38-32(24)42-41(31)51-45(37)55-47(33)53(43(49)35(25)29)61(65)63(55)67-59(51)60-52(42)46(38)56-48(34)54-44(36)50(40(30)39)58(57)66(71)62(54)64(56)68(60)72(67,71)70(75-69)10-6-2-4-8-74-10/h1-8,69-70,75H/t69-,70-,71?,72?/m0/s1. The summed E-state index contributed by atoms with van der Waals surface area (Å²) >= 11 is 0. The molecular formula is C72H11N3. The second-order valence-corrected chi connectivity index (χ2v) is 26.9. The van der Waals surface area contributed by atoms with Crippen LogP contribution in [0.2, 0.25) is 0 Å². The molecule has 1 saturated heterocycles. The molecule has 1 N–H and O–H groups in total. The summed E-state index contributed by atoms with van der Waals surface area (Å²) in [7, 11) is 0. The van der Waals surface area contributed by atoms with Crippen molar-refractivity contribution in [2.75, 3.05) is 0 Å². The molecule has 0 unspecified atom stereocenters. The molecule has 2 spiro atoms. The van der Waals surface area contributed by atoms with Gasteiger partial charge < -0.3 is 0 Å². The van der Waals surface area contributed by atoms with Crippen LogP contribution in [-0.2, 0) is 10.8 Å². The smallest absolute Gasteiger partial charge is 0.0653 e. The van der Waals surface area contributed by atoms with E-state index in [9.17, 15) is 0 Å². The van der Waals surface area contributed by atoms with Gasteiger partial charge >= 0.3 is 0 Å². The highest BCUT2D eigenvalue weighted by atomic mass is 15.1. The van der Waals surface area contributed by atoms with Crippen LogP contribution in [0.15, 0.2) is 48.8 Å². The zero-order chi connectivity index (χ0) is 44.6. The minimum Gasteiger partial charge on any atom is -0.298 e. The number of rotatable bonds is 2. The van der Waals surface area contributed by atoms with E-state index in [2.05, 4.69) is 48.8 Å². The lowest BCUT2D eigenvalue weighted by Crippen LogP contribution is -2.52. The third kappa shape index (κ3) is 1.56. The van der Waals surface area contributed by atoms with Gasteiger partial charge in [0.15, 0.2) is 0 Å². The van der Waals surface area contributed by atoms with Crippen LogP contribution in [0.4, 0.5) is 0 Å². The molecule has 5 aliphatic rings. The predicted octanol–water partition coefficient (Wildman–Crippen LogP) is 18.2. The van der Waals surface area contributed by atoms with Gasteiger partial charge in [0.2, 0.25) is 0 Å². The number of nitrogens with zero attached hydrogens (tertiary/aromatic N) is 2. The first-order chi connectivity index (χ1) is 37.4. The first kappa shape index (κ1) is 28.2. The molecule has 3 heterocycles. The van der Waals surface area contributed by atoms with Crippen LogP contribution < -0.4 is 5.32 Å². The van der Waals surface area contributed by atoms with Crippen LogP contribution >= 0.6 is 0 Å². The van der Waals surface area contributed by atoms with E-state index >= 15 is 0 Å². The summed E-state index contributed by atoms with van der Waals surface area (Å²) in [6.45, 7) is 0. The molecule has 0 bridgehead atoms. The molecular weight excluding hydrogens is 907 g/mol. The van der Waals surface area contributed by atoms with Crippen LogP contribution in [-0.4, -0.2) is 9.97 Å². The van der Waals surface area contributed by atoms with Gasteiger partial charge in [0.1, 0.15) is 0 Å². The molecule has 0 radical (unpaired) electrons. The molecule has 3 nitrogen and oxygen atoms in total. The van der Waals surface area contributed by atoms with E-state index in [0.29, 0.717) is 0 Å². The van der Waals surface area contributed by atoms with Gasteiger partial charge in [-0.2, -0.15) is 0 Å². The number of pyridine rings is 2. The van der Waals surface area contributed by atoms with E-state index in [1.807, 2.05) is 0 Å². The fourth-order valence-corrected chi connectivity index (χ4v) is 26.5. The van der Waals surface area contributed by atoms with Gasteiger partial charge in [-0.3, -0.25) is 15.3 Å². The van der Waals surface area contributed by atoms with Gasteiger partial charge in [-0.05, 0) is 337 Å². The first-order valence-corrected chi connectivity index (χ1v) is 27.8. The van der Waals surface area contributed by atoms with Crippen molar-refractivity contribution in [1.82, 2.24) is 15.3 Å². The van der Waals surface area contributed by atoms with Crippen LogP contribution in [0, 0.1) is 0 Å². The van der Waals surface area contributed by atoms with Crippen molar-refractivity contribution in [3.63, 3.8) is 0 Å². The van der Waals surface area contributed by atoms with Crippen molar-refractivity contribution >= 4 is 291 Å². The summed E-state index contributed by atoms with van der Waals surface area (Å²) in [4.78, 5) is 11.2. The Hall–Kier alpha value is -9.28. The van der Waals surface area contributed by atoms with Crippen molar-refractivity contribution in [2.24, 2.45) is 0 Å². The number of benzene rings is 18. The minimum absolute atomic E-state index is 0.110. The highest BCUT2D eigenvalue weighted by Crippen LogP contribution is 2.88. The van der Waals surface area contributed by atoms with E-state index in [-0.39, 0.29) is 12.1 Å². The normalized spacial score (nSPS) is 23.8. The summed E-state index contributed by atoms with van der Waals surface area (Å²) in [5.41, 5.74) is 7.97. The lowest BCUT2D eigenvalue weighted by atomic mass is 9.46. The van der Waals surface area contributed by atoms with Crippen LogP contribution in [0.1, 0.15) is 45.7 Å². The Morgan fingerprint density at radius 2 is 0.373 bits per heavy atom. The summed E-state index contributed by atoms with van der Waals surface area (Å²) < 4.78 is 0. The maximum Gasteiger partial charge on any atom is 0.0653 e. The highest BCUT2D eigenvalue weighted by Gasteiger charge is 2.78. The number of hydrogen-bond donors (Lipinski definition) is 1. The molecule has 30 aromatic rings. The van der Waals surface area contributed by atoms with Gasteiger partial charge in [-0.1, -0.05) is 12.1 Å². The maximum absolute atomic E-state index is 5.61. The monoisotopic (exact) mass is 917 g/mol. The van der Waals surface area contributed by atoms with E-state index in [4.69, 9.17) is 15.3 Å². The molecule has 3 heteroatoms. The number of hydrogen-bond acceptors (Lipinski definition) is 3. The quantitative estimate of drug-likeness (QED) is 0.176. The van der Waals surface area contributed by atoms with Crippen molar-refractivity contribution in [2.45, 2.75) is 22.9 Å². The molecule has 314 valence electrons. The molecule has 75 heavy (non-hydrogen) atoms. The number of nitrogens with one attached hydrogen (secondary N) is 1. The Balaban J connectivity index is 1.14. The summed E-state index contributed by atoms with van der Waals surface area (Å²) in [5.74, 6) is 0. The third-order valence-electron chi connectivity index (χ3n) is 26.6. The molecule has 4 aliphatic carbocycles. The third-order valence-corrected chi connectivity index (χ3v) is 26.6. The van der Waals surface area contributed by atoms with Gasteiger partial charge in [0.05, 0.1) is 34.3 Å². The maximum atomic E-state index is 5.61. The molecule has 1 aliphatic heterocycles.